The summed E-state index contributed by atoms with van der Waals surface area (Å²) < 4.78 is 7.79. The van der Waals surface area contributed by atoms with Crippen LogP contribution in [0, 0.1) is 6.92 Å². The van der Waals surface area contributed by atoms with Gasteiger partial charge >= 0.3 is 0 Å². The SMILES string of the molecule is COCCCn1c(C2CCCN(C(=O)C[C@H](N)Cc3ccc(-c4ccc(N)nc4)cc3)C2)cc2c(C)cccc21. The van der Waals surface area contributed by atoms with Gasteiger partial charge in [-0.2, -0.15) is 0 Å². The van der Waals surface area contributed by atoms with Crippen molar-refractivity contribution in [2.24, 2.45) is 5.73 Å². The van der Waals surface area contributed by atoms with Crippen LogP contribution in [0.2, 0.25) is 0 Å². The predicted molar refractivity (Wildman–Crippen MR) is 162 cm³/mol. The summed E-state index contributed by atoms with van der Waals surface area (Å²) in [5.41, 5.74) is 19.3. The molecule has 5 rings (SSSR count). The number of pyridine rings is 1. The monoisotopic (exact) mass is 539 g/mol. The maximum atomic E-state index is 13.4. The smallest absolute Gasteiger partial charge is 0.224 e. The highest BCUT2D eigenvalue weighted by atomic mass is 16.5. The first-order chi connectivity index (χ1) is 19.4. The number of carbonyl (C=O) groups is 1. The summed E-state index contributed by atoms with van der Waals surface area (Å²) in [6.45, 7) is 5.37. The molecule has 4 aromatic rings. The van der Waals surface area contributed by atoms with Crippen LogP contribution in [-0.4, -0.2) is 53.2 Å². The van der Waals surface area contributed by atoms with Crippen molar-refractivity contribution in [1.29, 1.82) is 0 Å². The van der Waals surface area contributed by atoms with Crippen LogP contribution >= 0.6 is 0 Å². The zero-order valence-electron chi connectivity index (χ0n) is 23.7. The number of rotatable bonds is 10. The largest absolute Gasteiger partial charge is 0.385 e. The first kappa shape index (κ1) is 27.9. The molecule has 0 aliphatic carbocycles. The molecule has 0 saturated carbocycles. The van der Waals surface area contributed by atoms with E-state index in [2.05, 4.69) is 65.0 Å². The van der Waals surface area contributed by atoms with Crippen molar-refractivity contribution >= 4 is 22.6 Å². The van der Waals surface area contributed by atoms with Crippen molar-refractivity contribution in [2.75, 3.05) is 32.5 Å². The summed E-state index contributed by atoms with van der Waals surface area (Å²) in [6.07, 6.45) is 5.85. The molecule has 1 aliphatic rings. The number of nitrogen functional groups attached to an aromatic ring is 1. The van der Waals surface area contributed by atoms with Crippen molar-refractivity contribution in [3.8, 4) is 11.1 Å². The molecule has 0 bridgehead atoms. The Bertz CT molecular complexity index is 1430. The number of benzene rings is 2. The predicted octanol–water partition coefficient (Wildman–Crippen LogP) is 5.30. The maximum absolute atomic E-state index is 13.4. The molecule has 40 heavy (non-hydrogen) atoms. The average Bonchev–Trinajstić information content (AvgIpc) is 3.34. The number of ether oxygens (including phenoxy) is 1. The normalized spacial score (nSPS) is 16.4. The number of piperidine rings is 1. The van der Waals surface area contributed by atoms with Crippen LogP contribution in [0.5, 0.6) is 0 Å². The molecule has 1 amide bonds. The van der Waals surface area contributed by atoms with E-state index in [9.17, 15) is 4.79 Å². The van der Waals surface area contributed by atoms with E-state index in [4.69, 9.17) is 16.2 Å². The molecule has 4 N–H and O–H groups in total. The van der Waals surface area contributed by atoms with E-state index in [1.54, 1.807) is 19.4 Å². The van der Waals surface area contributed by atoms with Crippen LogP contribution in [0.4, 0.5) is 5.82 Å². The molecule has 1 fully saturated rings. The average molecular weight is 540 g/mol. The molecule has 7 heteroatoms. The van der Waals surface area contributed by atoms with Crippen molar-refractivity contribution in [2.45, 2.75) is 57.5 Å². The van der Waals surface area contributed by atoms with Crippen LogP contribution in [0.3, 0.4) is 0 Å². The van der Waals surface area contributed by atoms with Crippen LogP contribution < -0.4 is 11.5 Å². The number of fused-ring (bicyclic) bond motifs is 1. The molecule has 2 aromatic carbocycles. The van der Waals surface area contributed by atoms with E-state index in [-0.39, 0.29) is 11.9 Å². The molecule has 0 spiro atoms. The lowest BCUT2D eigenvalue weighted by atomic mass is 9.93. The van der Waals surface area contributed by atoms with E-state index < -0.39 is 0 Å². The molecule has 1 saturated heterocycles. The van der Waals surface area contributed by atoms with Crippen molar-refractivity contribution in [3.05, 3.63) is 83.7 Å². The highest BCUT2D eigenvalue weighted by Crippen LogP contribution is 2.33. The number of hydrogen-bond acceptors (Lipinski definition) is 5. The number of anilines is 1. The van der Waals surface area contributed by atoms with Gasteiger partial charge in [0.25, 0.3) is 0 Å². The summed E-state index contributed by atoms with van der Waals surface area (Å²) in [6, 6.07) is 20.7. The molecule has 2 aromatic heterocycles. The van der Waals surface area contributed by atoms with Crippen LogP contribution in [0.15, 0.2) is 66.9 Å². The highest BCUT2D eigenvalue weighted by molar-refractivity contribution is 5.85. The second kappa shape index (κ2) is 12.7. The molecule has 1 aliphatic heterocycles. The van der Waals surface area contributed by atoms with Gasteiger partial charge in [-0.25, -0.2) is 4.98 Å². The summed E-state index contributed by atoms with van der Waals surface area (Å²) in [7, 11) is 1.75. The number of carbonyl (C=O) groups excluding carboxylic acids is 1. The number of nitrogens with two attached hydrogens (primary N) is 2. The Morgan fingerprint density at radius 2 is 1.93 bits per heavy atom. The van der Waals surface area contributed by atoms with Crippen LogP contribution in [0.1, 0.15) is 48.4 Å². The maximum Gasteiger partial charge on any atom is 0.224 e. The van der Waals surface area contributed by atoms with Gasteiger partial charge < -0.3 is 25.7 Å². The molecule has 3 heterocycles. The van der Waals surface area contributed by atoms with E-state index >= 15 is 0 Å². The van der Waals surface area contributed by atoms with Gasteiger partial charge in [-0.05, 0) is 73.6 Å². The molecule has 210 valence electrons. The molecule has 1 unspecified atom stereocenters. The van der Waals surface area contributed by atoms with Crippen molar-refractivity contribution in [1.82, 2.24) is 14.5 Å². The van der Waals surface area contributed by atoms with E-state index in [0.29, 0.717) is 24.6 Å². The Labute approximate surface area is 237 Å². The Morgan fingerprint density at radius 3 is 2.67 bits per heavy atom. The van der Waals surface area contributed by atoms with Gasteiger partial charge in [0.15, 0.2) is 0 Å². The van der Waals surface area contributed by atoms with Gasteiger partial charge in [0.05, 0.1) is 0 Å². The Hall–Kier alpha value is -3.68. The van der Waals surface area contributed by atoms with Gasteiger partial charge in [0.2, 0.25) is 5.91 Å². The minimum atomic E-state index is -0.222. The van der Waals surface area contributed by atoms with E-state index in [1.165, 1.54) is 22.2 Å². The lowest BCUT2D eigenvalue weighted by molar-refractivity contribution is -0.132. The zero-order valence-corrected chi connectivity index (χ0v) is 23.7. The van der Waals surface area contributed by atoms with Gasteiger partial charge in [-0.3, -0.25) is 4.79 Å². The number of likely N-dealkylation sites (tertiary alicyclic amines) is 1. The lowest BCUT2D eigenvalue weighted by Crippen LogP contribution is -2.42. The Balaban J connectivity index is 1.22. The van der Waals surface area contributed by atoms with E-state index in [1.807, 2.05) is 11.0 Å². The quantitative estimate of drug-likeness (QED) is 0.267. The minimum absolute atomic E-state index is 0.153. The van der Waals surface area contributed by atoms with Crippen LogP contribution in [0.25, 0.3) is 22.0 Å². The second-order valence-electron chi connectivity index (χ2n) is 11.1. The summed E-state index contributed by atoms with van der Waals surface area (Å²) in [5, 5.41) is 1.30. The molecular weight excluding hydrogens is 498 g/mol. The first-order valence-corrected chi connectivity index (χ1v) is 14.3. The summed E-state index contributed by atoms with van der Waals surface area (Å²) in [5.74, 6) is 0.981. The standard InChI is InChI=1S/C33H41N5O2/c1-23-6-3-8-30-29(23)20-31(38(30)16-5-17-40-2)27-7-4-15-37(22-27)33(39)19-28(34)18-24-9-11-25(12-10-24)26-13-14-32(35)36-21-26/h3,6,8-14,20-21,27-28H,4-5,7,15-19,22,34H2,1-2H3,(H2,35,36)/t27?,28-/m1/s1. The zero-order chi connectivity index (χ0) is 28.1. The topological polar surface area (TPSA) is 99.4 Å². The van der Waals surface area contributed by atoms with Gasteiger partial charge in [0, 0.05) is 80.1 Å². The lowest BCUT2D eigenvalue weighted by Gasteiger charge is -2.34. The Morgan fingerprint density at radius 1 is 1.12 bits per heavy atom. The fourth-order valence-electron chi connectivity index (χ4n) is 5.99. The first-order valence-electron chi connectivity index (χ1n) is 14.3. The van der Waals surface area contributed by atoms with Crippen LogP contribution in [-0.2, 0) is 22.5 Å². The number of amides is 1. The summed E-state index contributed by atoms with van der Waals surface area (Å²) >= 11 is 0. The fraction of sp³-hybridized carbons (Fsp3) is 0.394. The summed E-state index contributed by atoms with van der Waals surface area (Å²) in [4.78, 5) is 19.6. The fourth-order valence-corrected chi connectivity index (χ4v) is 5.99. The number of methoxy groups -OCH3 is 1. The van der Waals surface area contributed by atoms with Gasteiger partial charge in [-0.15, -0.1) is 0 Å². The van der Waals surface area contributed by atoms with Gasteiger partial charge in [-0.1, -0.05) is 36.4 Å². The number of hydrogen-bond donors (Lipinski definition) is 2. The van der Waals surface area contributed by atoms with E-state index in [0.717, 1.165) is 62.2 Å². The van der Waals surface area contributed by atoms with Crippen molar-refractivity contribution < 1.29 is 9.53 Å². The third kappa shape index (κ3) is 6.37. The number of aryl methyl sites for hydroxylation is 2. The molecule has 0 radical (unpaired) electrons. The molecule has 2 atom stereocenters. The van der Waals surface area contributed by atoms with Crippen molar-refractivity contribution in [3.63, 3.8) is 0 Å². The number of nitrogens with zero attached hydrogens (tertiary/aromatic N) is 3. The third-order valence-electron chi connectivity index (χ3n) is 8.13. The third-order valence-corrected chi connectivity index (χ3v) is 8.13. The molecule has 7 nitrogen and oxygen atoms in total. The Kier molecular flexibility index (Phi) is 8.82. The molecular formula is C33H41N5O2. The van der Waals surface area contributed by atoms with Gasteiger partial charge in [0.1, 0.15) is 5.82 Å². The second-order valence-corrected chi connectivity index (χ2v) is 11.1. The minimum Gasteiger partial charge on any atom is -0.385 e. The highest BCUT2D eigenvalue weighted by Gasteiger charge is 2.28. The number of aromatic nitrogens is 2.